The van der Waals surface area contributed by atoms with E-state index in [2.05, 4.69) is 46.0 Å². The molecule has 1 unspecified atom stereocenters. The Morgan fingerprint density at radius 2 is 1.88 bits per heavy atom. The molecular formula is C20H24N4O2. The molecule has 136 valence electrons. The number of benzene rings is 2. The number of carboxylic acid groups (broad SMARTS) is 1. The number of piperazine rings is 1. The minimum Gasteiger partial charge on any atom is -0.475 e. The van der Waals surface area contributed by atoms with Gasteiger partial charge in [-0.3, -0.25) is 0 Å². The Morgan fingerprint density at radius 3 is 2.58 bits per heavy atom. The summed E-state index contributed by atoms with van der Waals surface area (Å²) in [5.41, 5.74) is 10.1. The second kappa shape index (κ2) is 7.58. The molecule has 1 saturated heterocycles. The second-order valence-corrected chi connectivity index (χ2v) is 6.59. The van der Waals surface area contributed by atoms with Crippen LogP contribution in [0.15, 0.2) is 53.5 Å². The van der Waals surface area contributed by atoms with Gasteiger partial charge < -0.3 is 20.6 Å². The minimum atomic E-state index is -1.19. The van der Waals surface area contributed by atoms with Crippen LogP contribution in [0, 0.1) is 6.92 Å². The summed E-state index contributed by atoms with van der Waals surface area (Å²) < 4.78 is 0. The van der Waals surface area contributed by atoms with Crippen molar-refractivity contribution in [1.29, 1.82) is 0 Å². The third kappa shape index (κ3) is 3.70. The van der Waals surface area contributed by atoms with Crippen molar-refractivity contribution in [1.82, 2.24) is 4.90 Å². The summed E-state index contributed by atoms with van der Waals surface area (Å²) in [5.74, 6) is -1.55. The van der Waals surface area contributed by atoms with E-state index in [0.29, 0.717) is 6.54 Å². The van der Waals surface area contributed by atoms with E-state index < -0.39 is 5.97 Å². The van der Waals surface area contributed by atoms with Crippen LogP contribution in [-0.4, -0.2) is 54.7 Å². The van der Waals surface area contributed by atoms with Crippen LogP contribution in [0.3, 0.4) is 0 Å². The molecule has 1 aliphatic heterocycles. The highest BCUT2D eigenvalue weighted by Gasteiger charge is 2.28. The zero-order valence-corrected chi connectivity index (χ0v) is 15.1. The summed E-state index contributed by atoms with van der Waals surface area (Å²) in [6.45, 7) is 4.32. The van der Waals surface area contributed by atoms with E-state index in [1.807, 2.05) is 31.3 Å². The molecule has 26 heavy (non-hydrogen) atoms. The van der Waals surface area contributed by atoms with Gasteiger partial charge in [0.15, 0.2) is 0 Å². The number of aliphatic carboxylic acids is 1. The minimum absolute atomic E-state index is 0.339. The first kappa shape index (κ1) is 17.9. The van der Waals surface area contributed by atoms with E-state index in [-0.39, 0.29) is 12.0 Å². The zero-order valence-electron chi connectivity index (χ0n) is 15.1. The average molecular weight is 352 g/mol. The van der Waals surface area contributed by atoms with Crippen molar-refractivity contribution in [2.45, 2.75) is 13.1 Å². The van der Waals surface area contributed by atoms with Crippen LogP contribution in [0.5, 0.6) is 0 Å². The molecule has 0 radical (unpaired) electrons. The smallest absolute Gasteiger partial charge is 0.371 e. The van der Waals surface area contributed by atoms with Crippen molar-refractivity contribution in [2.75, 3.05) is 31.6 Å². The summed E-state index contributed by atoms with van der Waals surface area (Å²) in [4.78, 5) is 19.8. The Hall–Kier alpha value is -2.86. The highest BCUT2D eigenvalue weighted by Crippen LogP contribution is 2.35. The van der Waals surface area contributed by atoms with Gasteiger partial charge >= 0.3 is 5.97 Å². The van der Waals surface area contributed by atoms with Gasteiger partial charge in [0, 0.05) is 30.9 Å². The number of carbonyl (C=O) groups is 1. The fourth-order valence-electron chi connectivity index (χ4n) is 3.37. The average Bonchev–Trinajstić information content (AvgIpc) is 2.63. The Bertz CT molecular complexity index is 820. The summed E-state index contributed by atoms with van der Waals surface area (Å²) in [7, 11) is 2.01. The fraction of sp³-hybridized carbons (Fsp3) is 0.300. The molecule has 2 aromatic carbocycles. The van der Waals surface area contributed by atoms with Crippen molar-refractivity contribution in [3.05, 3.63) is 54.1 Å². The molecule has 2 aromatic rings. The van der Waals surface area contributed by atoms with E-state index in [4.69, 9.17) is 10.8 Å². The van der Waals surface area contributed by atoms with E-state index in [1.165, 1.54) is 0 Å². The number of rotatable bonds is 3. The number of nitrogens with two attached hydrogens (primary N) is 1. The van der Waals surface area contributed by atoms with Gasteiger partial charge in [0.1, 0.15) is 6.17 Å². The van der Waals surface area contributed by atoms with E-state index in [1.54, 1.807) is 0 Å². The molecule has 1 fully saturated rings. The number of carboxylic acids is 1. The number of amidine groups is 1. The molecule has 3 N–H and O–H groups in total. The lowest BCUT2D eigenvalue weighted by molar-refractivity contribution is -0.129. The number of para-hydroxylation sites is 1. The molecule has 1 atom stereocenters. The van der Waals surface area contributed by atoms with Gasteiger partial charge in [-0.2, -0.15) is 0 Å². The van der Waals surface area contributed by atoms with Crippen molar-refractivity contribution >= 4 is 17.5 Å². The Kier molecular flexibility index (Phi) is 5.23. The molecule has 1 heterocycles. The maximum Gasteiger partial charge on any atom is 0.371 e. The number of nitrogens with zero attached hydrogens (tertiary/aromatic N) is 3. The Morgan fingerprint density at radius 1 is 1.15 bits per heavy atom. The molecule has 0 aromatic heterocycles. The lowest BCUT2D eigenvalue weighted by atomic mass is 9.98. The molecule has 0 aliphatic carbocycles. The van der Waals surface area contributed by atoms with Gasteiger partial charge in [-0.25, -0.2) is 9.79 Å². The van der Waals surface area contributed by atoms with Crippen LogP contribution < -0.4 is 10.6 Å². The van der Waals surface area contributed by atoms with Gasteiger partial charge in [0.25, 0.3) is 0 Å². The topological polar surface area (TPSA) is 82.2 Å². The zero-order chi connectivity index (χ0) is 18.7. The third-order valence-electron chi connectivity index (χ3n) is 4.67. The monoisotopic (exact) mass is 352 g/mol. The van der Waals surface area contributed by atoms with Gasteiger partial charge in [-0.1, -0.05) is 48.5 Å². The molecular weight excluding hydrogens is 328 g/mol. The van der Waals surface area contributed by atoms with Gasteiger partial charge in [0.2, 0.25) is 5.84 Å². The number of anilines is 1. The maximum absolute atomic E-state index is 11.2. The number of hydrogen-bond donors (Lipinski definition) is 2. The Labute approximate surface area is 153 Å². The number of aryl methyl sites for hydroxylation is 1. The highest BCUT2D eigenvalue weighted by atomic mass is 16.4. The maximum atomic E-state index is 11.2. The number of hydrogen-bond acceptors (Lipinski definition) is 4. The predicted molar refractivity (Wildman–Crippen MR) is 105 cm³/mol. The van der Waals surface area contributed by atoms with Crippen molar-refractivity contribution in [2.24, 2.45) is 10.7 Å². The van der Waals surface area contributed by atoms with Gasteiger partial charge in [-0.15, -0.1) is 0 Å². The lowest BCUT2D eigenvalue weighted by Gasteiger charge is -2.41. The van der Waals surface area contributed by atoms with E-state index in [0.717, 1.165) is 35.5 Å². The first-order valence-electron chi connectivity index (χ1n) is 8.64. The molecule has 0 bridgehead atoms. The van der Waals surface area contributed by atoms with Crippen LogP contribution in [0.4, 0.5) is 5.69 Å². The van der Waals surface area contributed by atoms with Crippen molar-refractivity contribution in [3.63, 3.8) is 0 Å². The van der Waals surface area contributed by atoms with Crippen molar-refractivity contribution < 1.29 is 9.90 Å². The van der Waals surface area contributed by atoms with Gasteiger partial charge in [-0.05, 0) is 25.1 Å². The van der Waals surface area contributed by atoms with Gasteiger partial charge in [0.05, 0.1) is 0 Å². The van der Waals surface area contributed by atoms with Crippen LogP contribution in [0.25, 0.3) is 11.1 Å². The number of likely N-dealkylation sites (N-methyl/N-ethyl adjacent to an activating group) is 1. The van der Waals surface area contributed by atoms with Crippen LogP contribution in [-0.2, 0) is 4.79 Å². The number of aliphatic imine (C=N–C) groups is 1. The largest absolute Gasteiger partial charge is 0.475 e. The summed E-state index contributed by atoms with van der Waals surface area (Å²) in [5, 5.41) is 9.13. The summed E-state index contributed by atoms with van der Waals surface area (Å²) >= 11 is 0. The molecule has 0 saturated carbocycles. The first-order chi connectivity index (χ1) is 12.5. The molecule has 0 amide bonds. The molecule has 3 rings (SSSR count). The normalized spacial score (nSPS) is 18.8. The SMILES string of the molecule is Cc1cccc(-c2ccccc2)c1N1CCN(C)CC1/N=C(\N)C(=O)O. The van der Waals surface area contributed by atoms with Crippen LogP contribution >= 0.6 is 0 Å². The predicted octanol–water partition coefficient (Wildman–Crippen LogP) is 2.18. The first-order valence-corrected chi connectivity index (χ1v) is 8.64. The van der Waals surface area contributed by atoms with E-state index >= 15 is 0 Å². The summed E-state index contributed by atoms with van der Waals surface area (Å²) in [6.07, 6.45) is -0.339. The molecule has 1 aliphatic rings. The molecule has 6 nitrogen and oxygen atoms in total. The molecule has 0 spiro atoms. The van der Waals surface area contributed by atoms with Crippen molar-refractivity contribution in [3.8, 4) is 11.1 Å². The highest BCUT2D eigenvalue weighted by molar-refractivity contribution is 6.33. The van der Waals surface area contributed by atoms with Crippen LogP contribution in [0.2, 0.25) is 0 Å². The quantitative estimate of drug-likeness (QED) is 0.654. The second-order valence-electron chi connectivity index (χ2n) is 6.59. The lowest BCUT2D eigenvalue weighted by Crippen LogP contribution is -2.52. The van der Waals surface area contributed by atoms with E-state index in [9.17, 15) is 4.79 Å². The molecule has 6 heteroatoms. The van der Waals surface area contributed by atoms with Crippen LogP contribution in [0.1, 0.15) is 5.56 Å². The Balaban J connectivity index is 2.08. The third-order valence-corrected chi connectivity index (χ3v) is 4.67. The fourth-order valence-corrected chi connectivity index (χ4v) is 3.37. The summed E-state index contributed by atoms with van der Waals surface area (Å²) in [6, 6.07) is 16.4. The standard InChI is InChI=1S/C20H24N4O2/c1-14-7-6-10-16(15-8-4-3-5-9-15)18(14)24-12-11-23(2)13-17(24)22-19(21)20(25)26/h3-10,17H,11-13H2,1-2H3,(H2,21,22)(H,25,26).